The van der Waals surface area contributed by atoms with Crippen LogP contribution in [0.25, 0.3) is 0 Å². The van der Waals surface area contributed by atoms with E-state index in [1.165, 1.54) is 0 Å². The fourth-order valence-corrected chi connectivity index (χ4v) is 1.49. The van der Waals surface area contributed by atoms with E-state index < -0.39 is 18.2 Å². The lowest BCUT2D eigenvalue weighted by Crippen LogP contribution is -2.36. The maximum atomic E-state index is 12.0. The lowest BCUT2D eigenvalue weighted by Gasteiger charge is -2.29. The third-order valence-corrected chi connectivity index (χ3v) is 2.15. The van der Waals surface area contributed by atoms with E-state index in [2.05, 4.69) is 0 Å². The highest BCUT2D eigenvalue weighted by atomic mass is 19.4. The van der Waals surface area contributed by atoms with Gasteiger partial charge in [-0.05, 0) is 12.8 Å². The second kappa shape index (κ2) is 3.01. The van der Waals surface area contributed by atoms with Gasteiger partial charge in [0.1, 0.15) is 0 Å². The predicted octanol–water partition coefficient (Wildman–Crippen LogP) is 2.10. The Labute approximate surface area is 63.2 Å². The molecule has 1 fully saturated rings. The molecule has 66 valence electrons. The molecule has 1 aliphatic rings. The van der Waals surface area contributed by atoms with Crippen molar-refractivity contribution >= 4 is 0 Å². The van der Waals surface area contributed by atoms with Gasteiger partial charge in [-0.3, -0.25) is 0 Å². The van der Waals surface area contributed by atoms with Gasteiger partial charge in [0, 0.05) is 0 Å². The third kappa shape index (κ3) is 2.09. The fourth-order valence-electron chi connectivity index (χ4n) is 1.49. The van der Waals surface area contributed by atoms with E-state index in [-0.39, 0.29) is 6.42 Å². The molecule has 0 radical (unpaired) electrons. The number of rotatable bonds is 0. The Morgan fingerprint density at radius 3 is 2.00 bits per heavy atom. The van der Waals surface area contributed by atoms with Crippen molar-refractivity contribution in [3.8, 4) is 0 Å². The predicted molar refractivity (Wildman–Crippen MR) is 34.0 cm³/mol. The highest BCUT2D eigenvalue weighted by Crippen LogP contribution is 2.37. The molecule has 0 aliphatic heterocycles. The van der Waals surface area contributed by atoms with E-state index in [0.29, 0.717) is 19.3 Å². The van der Waals surface area contributed by atoms with Crippen molar-refractivity contribution in [2.75, 3.05) is 0 Å². The van der Waals surface area contributed by atoms with E-state index in [1.54, 1.807) is 0 Å². The topological polar surface area (TPSA) is 20.2 Å². The monoisotopic (exact) mass is 168 g/mol. The summed E-state index contributed by atoms with van der Waals surface area (Å²) in [5, 5.41) is 8.98. The number of aliphatic hydroxyl groups excluding tert-OH is 1. The van der Waals surface area contributed by atoms with Gasteiger partial charge in [0.05, 0.1) is 12.0 Å². The van der Waals surface area contributed by atoms with Crippen molar-refractivity contribution in [1.82, 2.24) is 0 Å². The zero-order valence-electron chi connectivity index (χ0n) is 6.06. The molecule has 0 unspecified atom stereocenters. The Morgan fingerprint density at radius 2 is 1.64 bits per heavy atom. The van der Waals surface area contributed by atoms with Gasteiger partial charge in [-0.15, -0.1) is 0 Å². The Bertz CT molecular complexity index is 132. The number of hydrogen-bond donors (Lipinski definition) is 1. The van der Waals surface area contributed by atoms with Crippen LogP contribution in [0.1, 0.15) is 25.7 Å². The first-order valence-corrected chi connectivity index (χ1v) is 3.76. The maximum absolute atomic E-state index is 12.0. The highest BCUT2D eigenvalue weighted by molar-refractivity contribution is 4.79. The normalized spacial score (nSPS) is 33.8. The number of aliphatic hydroxyl groups is 1. The van der Waals surface area contributed by atoms with Gasteiger partial charge >= 0.3 is 6.18 Å². The summed E-state index contributed by atoms with van der Waals surface area (Å²) in [6.45, 7) is 0. The molecule has 1 saturated carbocycles. The van der Waals surface area contributed by atoms with Gasteiger partial charge in [0.2, 0.25) is 0 Å². The van der Waals surface area contributed by atoms with Crippen LogP contribution in [0.5, 0.6) is 0 Å². The van der Waals surface area contributed by atoms with E-state index in [0.717, 1.165) is 0 Å². The van der Waals surface area contributed by atoms with Crippen molar-refractivity contribution in [3.63, 3.8) is 0 Å². The van der Waals surface area contributed by atoms with Crippen LogP contribution in [-0.2, 0) is 0 Å². The molecule has 1 aliphatic carbocycles. The van der Waals surface area contributed by atoms with Crippen LogP contribution in [0.15, 0.2) is 0 Å². The number of alkyl halides is 3. The summed E-state index contributed by atoms with van der Waals surface area (Å²) in [4.78, 5) is 0. The van der Waals surface area contributed by atoms with Crippen LogP contribution in [-0.4, -0.2) is 17.4 Å². The zero-order valence-corrected chi connectivity index (χ0v) is 6.06. The molecule has 1 nitrogen and oxygen atoms in total. The van der Waals surface area contributed by atoms with Crippen LogP contribution in [0.4, 0.5) is 13.2 Å². The Kier molecular flexibility index (Phi) is 2.42. The van der Waals surface area contributed by atoms with Crippen LogP contribution in [0, 0.1) is 5.92 Å². The Balaban J connectivity index is 2.55. The molecule has 11 heavy (non-hydrogen) atoms. The maximum Gasteiger partial charge on any atom is 0.394 e. The average Bonchev–Trinajstić information content (AvgIpc) is 1.86. The summed E-state index contributed by atoms with van der Waals surface area (Å²) in [7, 11) is 0. The quantitative estimate of drug-likeness (QED) is 0.587. The van der Waals surface area contributed by atoms with Crippen LogP contribution in [0.2, 0.25) is 0 Å². The minimum atomic E-state index is -4.21. The smallest absolute Gasteiger partial charge is 0.392 e. The van der Waals surface area contributed by atoms with E-state index in [1.807, 2.05) is 0 Å². The van der Waals surface area contributed by atoms with Crippen LogP contribution >= 0.6 is 0 Å². The number of hydrogen-bond acceptors (Lipinski definition) is 1. The molecule has 0 spiro atoms. The molecule has 0 aromatic carbocycles. The van der Waals surface area contributed by atoms with E-state index >= 15 is 0 Å². The molecule has 0 aromatic rings. The summed E-state index contributed by atoms with van der Waals surface area (Å²) in [6, 6.07) is 0. The van der Waals surface area contributed by atoms with Crippen molar-refractivity contribution < 1.29 is 18.3 Å². The van der Waals surface area contributed by atoms with Gasteiger partial charge in [0.25, 0.3) is 0 Å². The fraction of sp³-hybridized carbons (Fsp3) is 1.00. The average molecular weight is 168 g/mol. The molecule has 4 heteroatoms. The summed E-state index contributed by atoms with van der Waals surface area (Å²) in [5.74, 6) is -1.48. The van der Waals surface area contributed by atoms with Crippen LogP contribution < -0.4 is 0 Å². The molecular formula is C7H11F3O. The summed E-state index contributed by atoms with van der Waals surface area (Å²) in [5.41, 5.74) is 0. The van der Waals surface area contributed by atoms with Crippen LogP contribution in [0.3, 0.4) is 0 Å². The Hall–Kier alpha value is -0.250. The second-order valence-corrected chi connectivity index (χ2v) is 3.00. The molecular weight excluding hydrogens is 157 g/mol. The van der Waals surface area contributed by atoms with Crippen molar-refractivity contribution in [3.05, 3.63) is 0 Å². The van der Waals surface area contributed by atoms with Gasteiger partial charge in [0.15, 0.2) is 0 Å². The molecule has 0 aromatic heterocycles. The lowest BCUT2D eigenvalue weighted by molar-refractivity contribution is -0.207. The first-order valence-electron chi connectivity index (χ1n) is 3.76. The minimum Gasteiger partial charge on any atom is -0.392 e. The SMILES string of the molecule is O[C@@H]1CCCC[C@@H]1C(F)(F)F. The summed E-state index contributed by atoms with van der Waals surface area (Å²) in [6.07, 6.45) is -3.69. The van der Waals surface area contributed by atoms with Crippen molar-refractivity contribution in [1.29, 1.82) is 0 Å². The lowest BCUT2D eigenvalue weighted by atomic mass is 9.86. The van der Waals surface area contributed by atoms with Crippen molar-refractivity contribution in [2.24, 2.45) is 5.92 Å². The van der Waals surface area contributed by atoms with Crippen molar-refractivity contribution in [2.45, 2.75) is 38.0 Å². The molecule has 0 amide bonds. The highest BCUT2D eigenvalue weighted by Gasteiger charge is 2.44. The first-order chi connectivity index (χ1) is 5.02. The molecule has 1 N–H and O–H groups in total. The van der Waals surface area contributed by atoms with Gasteiger partial charge < -0.3 is 5.11 Å². The standard InChI is InChI=1S/C7H11F3O/c8-7(9,10)5-3-1-2-4-6(5)11/h5-6,11H,1-4H2/t5-,6+/m0/s1. The minimum absolute atomic E-state index is 0.0880. The Morgan fingerprint density at radius 1 is 1.09 bits per heavy atom. The zero-order chi connectivity index (χ0) is 8.48. The second-order valence-electron chi connectivity index (χ2n) is 3.00. The van der Waals surface area contributed by atoms with E-state index in [4.69, 9.17) is 5.11 Å². The van der Waals surface area contributed by atoms with Gasteiger partial charge in [-0.1, -0.05) is 12.8 Å². The molecule has 2 atom stereocenters. The largest absolute Gasteiger partial charge is 0.394 e. The van der Waals surface area contributed by atoms with E-state index in [9.17, 15) is 13.2 Å². The van der Waals surface area contributed by atoms with Gasteiger partial charge in [-0.25, -0.2) is 0 Å². The molecule has 1 rings (SSSR count). The molecule has 0 bridgehead atoms. The summed E-state index contributed by atoms with van der Waals surface area (Å²) < 4.78 is 36.1. The first kappa shape index (κ1) is 8.84. The molecule has 0 heterocycles. The van der Waals surface area contributed by atoms with Gasteiger partial charge in [-0.2, -0.15) is 13.2 Å². The molecule has 0 saturated heterocycles. The third-order valence-electron chi connectivity index (χ3n) is 2.15. The summed E-state index contributed by atoms with van der Waals surface area (Å²) >= 11 is 0. The number of halogens is 3.